The molecule has 1 amide bonds. The largest absolute Gasteiger partial charge is 0.356 e. The Hall–Kier alpha value is -0.960. The average Bonchev–Trinajstić information content (AvgIpc) is 2.22. The van der Waals surface area contributed by atoms with Crippen LogP contribution in [0.1, 0.15) is 25.3 Å². The zero-order valence-electron chi connectivity index (χ0n) is 8.99. The summed E-state index contributed by atoms with van der Waals surface area (Å²) in [7, 11) is 0. The Kier molecular flexibility index (Phi) is 5.26. The molecule has 0 spiro atoms. The summed E-state index contributed by atoms with van der Waals surface area (Å²) < 4.78 is 0. The van der Waals surface area contributed by atoms with Crippen molar-refractivity contribution >= 4 is 18.5 Å². The molecule has 82 valence electrons. The van der Waals surface area contributed by atoms with Crippen molar-refractivity contribution in [1.82, 2.24) is 5.32 Å². The van der Waals surface area contributed by atoms with Crippen LogP contribution in [0.5, 0.6) is 0 Å². The first-order chi connectivity index (χ1) is 7.22. The van der Waals surface area contributed by atoms with Crippen molar-refractivity contribution in [1.29, 1.82) is 0 Å². The first-order valence-corrected chi connectivity index (χ1v) is 5.71. The Morgan fingerprint density at radius 3 is 2.60 bits per heavy atom. The van der Waals surface area contributed by atoms with Gasteiger partial charge >= 0.3 is 0 Å². The van der Waals surface area contributed by atoms with E-state index in [0.29, 0.717) is 6.42 Å². The van der Waals surface area contributed by atoms with Gasteiger partial charge in [0.2, 0.25) is 5.91 Å². The summed E-state index contributed by atoms with van der Waals surface area (Å²) in [6.07, 6.45) is 2.60. The number of carbonyl (C=O) groups excluding carboxylic acids is 1. The quantitative estimate of drug-likeness (QED) is 0.582. The third kappa shape index (κ3) is 4.88. The Morgan fingerprint density at radius 2 is 2.00 bits per heavy atom. The summed E-state index contributed by atoms with van der Waals surface area (Å²) in [4.78, 5) is 12.4. The molecule has 2 nitrogen and oxygen atoms in total. The van der Waals surface area contributed by atoms with Crippen LogP contribution in [0.15, 0.2) is 29.2 Å². The molecule has 0 aliphatic rings. The Balaban J connectivity index is 2.34. The van der Waals surface area contributed by atoms with E-state index in [1.54, 1.807) is 0 Å². The van der Waals surface area contributed by atoms with Crippen molar-refractivity contribution in [2.75, 3.05) is 6.54 Å². The van der Waals surface area contributed by atoms with Gasteiger partial charge in [-0.15, -0.1) is 12.6 Å². The zero-order chi connectivity index (χ0) is 11.1. The average molecular weight is 223 g/mol. The van der Waals surface area contributed by atoms with Gasteiger partial charge in [0, 0.05) is 11.4 Å². The fraction of sp³-hybridized carbons (Fsp3) is 0.417. The highest BCUT2D eigenvalue weighted by atomic mass is 32.1. The maximum absolute atomic E-state index is 11.4. The van der Waals surface area contributed by atoms with Crippen LogP contribution in [0.25, 0.3) is 0 Å². The highest BCUT2D eigenvalue weighted by molar-refractivity contribution is 7.80. The smallest absolute Gasteiger partial charge is 0.224 e. The third-order valence-electron chi connectivity index (χ3n) is 2.15. The molecule has 1 aromatic rings. The summed E-state index contributed by atoms with van der Waals surface area (Å²) in [6, 6.07) is 7.67. The first kappa shape index (κ1) is 12.1. The molecule has 0 fully saturated rings. The van der Waals surface area contributed by atoms with E-state index in [2.05, 4.69) is 24.9 Å². The van der Waals surface area contributed by atoms with E-state index in [9.17, 15) is 4.79 Å². The van der Waals surface area contributed by atoms with E-state index in [1.165, 1.54) is 0 Å². The van der Waals surface area contributed by atoms with Crippen molar-refractivity contribution in [2.24, 2.45) is 0 Å². The third-order valence-corrected chi connectivity index (χ3v) is 2.45. The molecule has 0 aromatic heterocycles. The second-order valence-corrected chi connectivity index (χ2v) is 4.06. The van der Waals surface area contributed by atoms with Crippen LogP contribution in [-0.4, -0.2) is 12.5 Å². The number of amides is 1. The van der Waals surface area contributed by atoms with Gasteiger partial charge in [0.15, 0.2) is 0 Å². The molecular formula is C12H17NOS. The van der Waals surface area contributed by atoms with E-state index in [4.69, 9.17) is 0 Å². The Morgan fingerprint density at radius 1 is 1.33 bits per heavy atom. The lowest BCUT2D eigenvalue weighted by Gasteiger charge is -2.04. The molecule has 0 radical (unpaired) electrons. The monoisotopic (exact) mass is 223 g/mol. The fourth-order valence-corrected chi connectivity index (χ4v) is 1.42. The summed E-state index contributed by atoms with van der Waals surface area (Å²) in [6.45, 7) is 2.89. The summed E-state index contributed by atoms with van der Waals surface area (Å²) >= 11 is 4.19. The molecule has 0 bridgehead atoms. The highest BCUT2D eigenvalue weighted by Crippen LogP contribution is 2.08. The lowest BCUT2D eigenvalue weighted by atomic mass is 10.1. The molecule has 0 aliphatic heterocycles. The number of hydrogen-bond donors (Lipinski definition) is 2. The molecule has 1 aromatic carbocycles. The van der Waals surface area contributed by atoms with Crippen molar-refractivity contribution in [3.8, 4) is 0 Å². The first-order valence-electron chi connectivity index (χ1n) is 5.27. The van der Waals surface area contributed by atoms with Gasteiger partial charge < -0.3 is 5.32 Å². The van der Waals surface area contributed by atoms with Gasteiger partial charge in [0.1, 0.15) is 0 Å². The van der Waals surface area contributed by atoms with Gasteiger partial charge in [-0.25, -0.2) is 0 Å². The highest BCUT2D eigenvalue weighted by Gasteiger charge is 2.01. The van der Waals surface area contributed by atoms with Crippen LogP contribution in [0.4, 0.5) is 0 Å². The lowest BCUT2D eigenvalue weighted by Crippen LogP contribution is -2.25. The second-order valence-electron chi connectivity index (χ2n) is 3.55. The number of hydrogen-bond acceptors (Lipinski definition) is 2. The number of thiol groups is 1. The lowest BCUT2D eigenvalue weighted by molar-refractivity contribution is -0.120. The van der Waals surface area contributed by atoms with Crippen LogP contribution in [0.3, 0.4) is 0 Å². The molecule has 1 rings (SSSR count). The molecule has 0 heterocycles. The zero-order valence-corrected chi connectivity index (χ0v) is 9.89. The topological polar surface area (TPSA) is 29.1 Å². The van der Waals surface area contributed by atoms with Crippen LogP contribution in [0, 0.1) is 0 Å². The fourth-order valence-electron chi connectivity index (χ4n) is 1.27. The minimum Gasteiger partial charge on any atom is -0.356 e. The maximum atomic E-state index is 11.4. The van der Waals surface area contributed by atoms with Crippen LogP contribution in [-0.2, 0) is 11.2 Å². The molecule has 0 atom stereocenters. The summed E-state index contributed by atoms with van der Waals surface area (Å²) in [5.74, 6) is 0.0929. The number of nitrogens with one attached hydrogen (secondary N) is 1. The number of carbonyl (C=O) groups is 1. The normalized spacial score (nSPS) is 10.0. The summed E-state index contributed by atoms with van der Waals surface area (Å²) in [5.41, 5.74) is 1.03. The molecule has 0 saturated carbocycles. The summed E-state index contributed by atoms with van der Waals surface area (Å²) in [5, 5.41) is 2.89. The second kappa shape index (κ2) is 6.51. The molecule has 0 unspecified atom stereocenters. The van der Waals surface area contributed by atoms with Crippen LogP contribution in [0.2, 0.25) is 0 Å². The van der Waals surface area contributed by atoms with Gasteiger partial charge in [-0.05, 0) is 24.1 Å². The van der Waals surface area contributed by atoms with Crippen molar-refractivity contribution in [3.05, 3.63) is 29.8 Å². The predicted molar refractivity (Wildman–Crippen MR) is 65.3 cm³/mol. The number of unbranched alkanes of at least 4 members (excludes halogenated alkanes) is 1. The standard InChI is InChI=1S/C12H17NOS/c1-2-3-8-13-12(14)9-10-4-6-11(15)7-5-10/h4-7,15H,2-3,8-9H2,1H3,(H,13,14). The van der Waals surface area contributed by atoms with Gasteiger partial charge in [-0.3, -0.25) is 4.79 Å². The van der Waals surface area contributed by atoms with E-state index in [-0.39, 0.29) is 5.91 Å². The van der Waals surface area contributed by atoms with Gasteiger partial charge in [-0.1, -0.05) is 25.5 Å². The van der Waals surface area contributed by atoms with Crippen molar-refractivity contribution in [2.45, 2.75) is 31.1 Å². The Labute approximate surface area is 96.5 Å². The van der Waals surface area contributed by atoms with Crippen LogP contribution >= 0.6 is 12.6 Å². The molecule has 3 heteroatoms. The minimum atomic E-state index is 0.0929. The van der Waals surface area contributed by atoms with Gasteiger partial charge in [0.05, 0.1) is 6.42 Å². The van der Waals surface area contributed by atoms with Crippen LogP contribution < -0.4 is 5.32 Å². The molecule has 0 aliphatic carbocycles. The predicted octanol–water partition coefficient (Wildman–Crippen LogP) is 2.43. The minimum absolute atomic E-state index is 0.0929. The Bertz CT molecular complexity index is 308. The van der Waals surface area contributed by atoms with E-state index < -0.39 is 0 Å². The van der Waals surface area contributed by atoms with E-state index in [0.717, 1.165) is 29.8 Å². The van der Waals surface area contributed by atoms with E-state index >= 15 is 0 Å². The van der Waals surface area contributed by atoms with E-state index in [1.807, 2.05) is 24.3 Å². The van der Waals surface area contributed by atoms with Crippen molar-refractivity contribution in [3.63, 3.8) is 0 Å². The van der Waals surface area contributed by atoms with Gasteiger partial charge in [0.25, 0.3) is 0 Å². The van der Waals surface area contributed by atoms with Crippen molar-refractivity contribution < 1.29 is 4.79 Å². The SMILES string of the molecule is CCCCNC(=O)Cc1ccc(S)cc1. The maximum Gasteiger partial charge on any atom is 0.224 e. The molecule has 0 saturated heterocycles. The molecule has 1 N–H and O–H groups in total. The molecule has 15 heavy (non-hydrogen) atoms. The number of benzene rings is 1. The van der Waals surface area contributed by atoms with Gasteiger partial charge in [-0.2, -0.15) is 0 Å². The molecular weight excluding hydrogens is 206 g/mol. The number of rotatable bonds is 5.